The number of Topliss-reactive ketones (excluding diaryl/α,β-unsaturated/α-hetero) is 1. The van der Waals surface area contributed by atoms with Crippen LogP contribution < -0.4 is 0 Å². The number of thiocarbonyl (C=S) groups is 1. The maximum absolute atomic E-state index is 12.2. The molecular formula is C28H50N2O4S. The van der Waals surface area contributed by atoms with Crippen molar-refractivity contribution in [2.45, 2.75) is 93.8 Å². The van der Waals surface area contributed by atoms with Gasteiger partial charge in [0.15, 0.2) is 0 Å². The average Bonchev–Trinajstić information content (AvgIpc) is 2.84. The number of carbonyl (C=O) groups is 2. The summed E-state index contributed by atoms with van der Waals surface area (Å²) in [5, 5.41) is 0. The monoisotopic (exact) mass is 510 g/mol. The van der Waals surface area contributed by atoms with Crippen LogP contribution in [0.3, 0.4) is 0 Å². The van der Waals surface area contributed by atoms with E-state index in [-0.39, 0.29) is 18.3 Å². The number of hydrogen-bond acceptors (Lipinski definition) is 5. The summed E-state index contributed by atoms with van der Waals surface area (Å²) < 4.78 is 11.0. The van der Waals surface area contributed by atoms with Crippen LogP contribution in [-0.4, -0.2) is 65.1 Å². The van der Waals surface area contributed by atoms with Crippen molar-refractivity contribution in [3.63, 3.8) is 0 Å². The molecule has 2 rings (SSSR count). The standard InChI is InChI=1S/C21H30N2O4S.C3H8.2C2H6/c1-21(2,3)27-20(25)23-12-10-22(11-13-23)19(28)15-18(24)9-14-26-16-17-7-5-4-6-8-17;1-3-2;2*1-2/h4-8H,9-16H2,1-3H3;3H2,1-2H3;2*1-2H3. The number of piperazine rings is 1. The number of ether oxygens (including phenoxy) is 2. The van der Waals surface area contributed by atoms with Crippen molar-refractivity contribution >= 4 is 29.1 Å². The molecule has 7 heteroatoms. The third-order valence-corrected chi connectivity index (χ3v) is 4.67. The Labute approximate surface area is 220 Å². The minimum absolute atomic E-state index is 0.0765. The third-order valence-electron chi connectivity index (χ3n) is 4.27. The minimum atomic E-state index is -0.501. The van der Waals surface area contributed by atoms with Crippen LogP contribution in [0.4, 0.5) is 4.79 Å². The van der Waals surface area contributed by atoms with Gasteiger partial charge in [0.05, 0.1) is 24.6 Å². The summed E-state index contributed by atoms with van der Waals surface area (Å²) in [5.74, 6) is 0.0765. The van der Waals surface area contributed by atoms with E-state index in [4.69, 9.17) is 21.7 Å². The Morgan fingerprint density at radius 1 is 0.914 bits per heavy atom. The van der Waals surface area contributed by atoms with E-state index in [2.05, 4.69) is 13.8 Å². The van der Waals surface area contributed by atoms with Gasteiger partial charge in [-0.25, -0.2) is 4.79 Å². The number of benzene rings is 1. The Balaban J connectivity index is 0. The van der Waals surface area contributed by atoms with Crippen LogP contribution >= 0.6 is 12.2 Å². The van der Waals surface area contributed by atoms with Crippen LogP contribution in [0.15, 0.2) is 30.3 Å². The zero-order valence-electron chi connectivity index (χ0n) is 23.7. The molecule has 0 aliphatic carbocycles. The summed E-state index contributed by atoms with van der Waals surface area (Å²) >= 11 is 5.43. The highest BCUT2D eigenvalue weighted by Crippen LogP contribution is 2.13. The topological polar surface area (TPSA) is 59.1 Å². The van der Waals surface area contributed by atoms with E-state index in [9.17, 15) is 9.59 Å². The Bertz CT molecular complexity index is 682. The lowest BCUT2D eigenvalue weighted by atomic mass is 10.2. The van der Waals surface area contributed by atoms with Gasteiger partial charge in [-0.05, 0) is 26.3 Å². The Hall–Kier alpha value is -1.99. The second kappa shape index (κ2) is 21.3. The van der Waals surface area contributed by atoms with Gasteiger partial charge in [-0.15, -0.1) is 0 Å². The van der Waals surface area contributed by atoms with Gasteiger partial charge < -0.3 is 19.3 Å². The fraction of sp³-hybridized carbons (Fsp3) is 0.679. The van der Waals surface area contributed by atoms with Crippen molar-refractivity contribution in [1.82, 2.24) is 9.80 Å². The molecule has 1 aliphatic heterocycles. The van der Waals surface area contributed by atoms with Crippen LogP contribution in [0.5, 0.6) is 0 Å². The van der Waals surface area contributed by atoms with Gasteiger partial charge >= 0.3 is 6.09 Å². The fourth-order valence-electron chi connectivity index (χ4n) is 2.78. The molecule has 1 aromatic carbocycles. The first kappa shape index (κ1) is 35.2. The molecule has 202 valence electrons. The van der Waals surface area contributed by atoms with Crippen molar-refractivity contribution < 1.29 is 19.1 Å². The lowest BCUT2D eigenvalue weighted by Gasteiger charge is -2.36. The Kier molecular flexibility index (Phi) is 21.4. The quantitative estimate of drug-likeness (QED) is 0.294. The summed E-state index contributed by atoms with van der Waals surface area (Å²) in [6, 6.07) is 9.87. The average molecular weight is 511 g/mol. The summed E-state index contributed by atoms with van der Waals surface area (Å²) in [6.07, 6.45) is 1.55. The number of nitrogens with zero attached hydrogens (tertiary/aromatic N) is 2. The second-order valence-electron chi connectivity index (χ2n) is 8.56. The highest BCUT2D eigenvalue weighted by molar-refractivity contribution is 7.80. The highest BCUT2D eigenvalue weighted by Gasteiger charge is 2.27. The summed E-state index contributed by atoms with van der Waals surface area (Å²) in [5.41, 5.74) is 0.590. The zero-order chi connectivity index (χ0) is 27.3. The molecule has 0 saturated carbocycles. The lowest BCUT2D eigenvalue weighted by Crippen LogP contribution is -2.51. The van der Waals surface area contributed by atoms with E-state index in [0.29, 0.717) is 50.8 Å². The molecular weight excluding hydrogens is 460 g/mol. The Morgan fingerprint density at radius 3 is 1.89 bits per heavy atom. The first-order valence-electron chi connectivity index (χ1n) is 13.0. The zero-order valence-corrected chi connectivity index (χ0v) is 24.5. The van der Waals surface area contributed by atoms with Crippen LogP contribution in [-0.2, 0) is 20.9 Å². The first-order valence-corrected chi connectivity index (χ1v) is 13.5. The predicted molar refractivity (Wildman–Crippen MR) is 151 cm³/mol. The summed E-state index contributed by atoms with van der Waals surface area (Å²) in [4.78, 5) is 28.6. The molecule has 0 spiro atoms. The smallest absolute Gasteiger partial charge is 0.410 e. The van der Waals surface area contributed by atoms with E-state index in [1.54, 1.807) is 4.90 Å². The lowest BCUT2D eigenvalue weighted by molar-refractivity contribution is -0.119. The van der Waals surface area contributed by atoms with Gasteiger partial charge in [-0.1, -0.05) is 90.5 Å². The van der Waals surface area contributed by atoms with Crippen molar-refractivity contribution in [3.8, 4) is 0 Å². The maximum atomic E-state index is 12.2. The summed E-state index contributed by atoms with van der Waals surface area (Å²) in [7, 11) is 0. The molecule has 1 amide bonds. The molecule has 0 bridgehead atoms. The molecule has 35 heavy (non-hydrogen) atoms. The first-order chi connectivity index (χ1) is 16.7. The van der Waals surface area contributed by atoms with E-state index in [1.807, 2.05) is 83.7 Å². The van der Waals surface area contributed by atoms with Crippen LogP contribution in [0, 0.1) is 0 Å². The van der Waals surface area contributed by atoms with Gasteiger partial charge in [0.1, 0.15) is 11.4 Å². The SMILES string of the molecule is CC.CC.CC(C)(C)OC(=O)N1CCN(C(=S)CC(=O)CCOCc2ccccc2)CC1.CCC. The van der Waals surface area contributed by atoms with Gasteiger partial charge in [-0.3, -0.25) is 4.79 Å². The summed E-state index contributed by atoms with van der Waals surface area (Å²) in [6.45, 7) is 21.0. The van der Waals surface area contributed by atoms with Crippen molar-refractivity contribution in [2.24, 2.45) is 0 Å². The van der Waals surface area contributed by atoms with E-state index >= 15 is 0 Å². The van der Waals surface area contributed by atoms with E-state index in [1.165, 1.54) is 6.42 Å². The van der Waals surface area contributed by atoms with Gasteiger partial charge in [0.2, 0.25) is 0 Å². The van der Waals surface area contributed by atoms with Gasteiger partial charge in [-0.2, -0.15) is 0 Å². The van der Waals surface area contributed by atoms with Gasteiger partial charge in [0, 0.05) is 32.6 Å². The van der Waals surface area contributed by atoms with Crippen LogP contribution in [0.1, 0.15) is 87.1 Å². The normalized spacial score (nSPS) is 12.6. The van der Waals surface area contributed by atoms with Crippen molar-refractivity contribution in [3.05, 3.63) is 35.9 Å². The molecule has 1 saturated heterocycles. The number of carbonyl (C=O) groups excluding carboxylic acids is 2. The Morgan fingerprint density at radius 2 is 1.40 bits per heavy atom. The number of hydrogen-bond donors (Lipinski definition) is 0. The van der Waals surface area contributed by atoms with E-state index < -0.39 is 5.60 Å². The largest absolute Gasteiger partial charge is 0.444 e. The second-order valence-corrected chi connectivity index (χ2v) is 9.03. The predicted octanol–water partition coefficient (Wildman–Crippen LogP) is 6.90. The molecule has 1 heterocycles. The molecule has 0 radical (unpaired) electrons. The molecule has 0 N–H and O–H groups in total. The molecule has 0 atom stereocenters. The van der Waals surface area contributed by atoms with Gasteiger partial charge in [0.25, 0.3) is 0 Å². The number of amides is 1. The van der Waals surface area contributed by atoms with Crippen LogP contribution in [0.2, 0.25) is 0 Å². The number of rotatable bonds is 7. The fourth-order valence-corrected chi connectivity index (χ4v) is 3.13. The van der Waals surface area contributed by atoms with Crippen LogP contribution in [0.25, 0.3) is 0 Å². The third kappa shape index (κ3) is 18.0. The molecule has 1 aliphatic rings. The molecule has 1 aromatic rings. The minimum Gasteiger partial charge on any atom is -0.444 e. The molecule has 0 unspecified atom stereocenters. The highest BCUT2D eigenvalue weighted by atomic mass is 32.1. The van der Waals surface area contributed by atoms with Crippen molar-refractivity contribution in [1.29, 1.82) is 0 Å². The van der Waals surface area contributed by atoms with E-state index in [0.717, 1.165) is 5.56 Å². The van der Waals surface area contributed by atoms with Crippen molar-refractivity contribution in [2.75, 3.05) is 32.8 Å². The molecule has 6 nitrogen and oxygen atoms in total. The molecule has 1 fully saturated rings. The molecule has 0 aromatic heterocycles. The maximum Gasteiger partial charge on any atom is 0.410 e. The number of ketones is 1.